The van der Waals surface area contributed by atoms with Crippen LogP contribution in [-0.4, -0.2) is 5.11 Å². The molecule has 0 spiro atoms. The molecule has 0 atom stereocenters. The fourth-order valence-corrected chi connectivity index (χ4v) is 0.828. The molecule has 0 aliphatic heterocycles. The van der Waals surface area contributed by atoms with Crippen LogP contribution < -0.4 is 35.3 Å². The van der Waals surface area contributed by atoms with E-state index in [1.165, 1.54) is 0 Å². The zero-order chi connectivity index (χ0) is 10.2. The second-order valence-electron chi connectivity index (χ2n) is 2.67. The zero-order valence-electron chi connectivity index (χ0n) is 8.72. The Bertz CT molecular complexity index is 313. The van der Waals surface area contributed by atoms with Crippen LogP contribution >= 0.6 is 0 Å². The van der Waals surface area contributed by atoms with Gasteiger partial charge in [0.15, 0.2) is 0 Å². The molecule has 15 heavy (non-hydrogen) atoms. The minimum absolute atomic E-state index is 0. The number of hydrogen-bond acceptors (Lipinski definition) is 2. The van der Waals surface area contributed by atoms with E-state index in [2.05, 4.69) is 6.07 Å². The SMILES string of the molecule is Nc1cc[c-]cc1.Oc1ccccc1.[Na+]. The van der Waals surface area contributed by atoms with Gasteiger partial charge in [0.2, 0.25) is 0 Å². The van der Waals surface area contributed by atoms with E-state index in [-0.39, 0.29) is 29.6 Å². The van der Waals surface area contributed by atoms with Gasteiger partial charge in [-0.15, -0.1) is 12.1 Å². The normalized spacial score (nSPS) is 8.00. The second kappa shape index (κ2) is 8.36. The maximum atomic E-state index is 8.63. The monoisotopic (exact) mass is 209 g/mol. The molecule has 0 saturated carbocycles. The molecular formula is C12H12NNaO. The van der Waals surface area contributed by atoms with Crippen molar-refractivity contribution in [1.29, 1.82) is 0 Å². The third-order valence-electron chi connectivity index (χ3n) is 1.50. The topological polar surface area (TPSA) is 46.2 Å². The number of nitrogens with two attached hydrogens (primary N) is 1. The Balaban J connectivity index is 0.000000245. The molecule has 0 aliphatic rings. The summed E-state index contributed by atoms with van der Waals surface area (Å²) in [5, 5.41) is 8.63. The third-order valence-corrected chi connectivity index (χ3v) is 1.50. The summed E-state index contributed by atoms with van der Waals surface area (Å²) in [7, 11) is 0. The molecule has 0 heterocycles. The maximum Gasteiger partial charge on any atom is 1.00 e. The summed E-state index contributed by atoms with van der Waals surface area (Å²) >= 11 is 0. The Labute approximate surface area is 112 Å². The summed E-state index contributed by atoms with van der Waals surface area (Å²) in [6, 6.07) is 18.8. The molecular weight excluding hydrogens is 197 g/mol. The number of aromatic hydroxyl groups is 1. The quantitative estimate of drug-likeness (QED) is 0.348. The standard InChI is InChI=1S/C6H6N.C6H6O.Na/c2*7-6-4-2-1-3-5-6;/h2-5H,7H2;1-5,7H;/q-1;;+1. The van der Waals surface area contributed by atoms with Crippen molar-refractivity contribution < 1.29 is 34.7 Å². The van der Waals surface area contributed by atoms with Gasteiger partial charge in [0.25, 0.3) is 0 Å². The van der Waals surface area contributed by atoms with Crippen molar-refractivity contribution in [3.05, 3.63) is 60.7 Å². The van der Waals surface area contributed by atoms with Crippen LogP contribution in [0.3, 0.4) is 0 Å². The largest absolute Gasteiger partial charge is 1.00 e. The van der Waals surface area contributed by atoms with E-state index in [0.717, 1.165) is 5.69 Å². The number of rotatable bonds is 0. The molecule has 0 radical (unpaired) electrons. The molecule has 3 heteroatoms. The van der Waals surface area contributed by atoms with E-state index in [1.807, 2.05) is 6.07 Å². The smallest absolute Gasteiger partial charge is 0.508 e. The first-order valence-electron chi connectivity index (χ1n) is 4.24. The van der Waals surface area contributed by atoms with E-state index in [9.17, 15) is 0 Å². The Kier molecular flexibility index (Phi) is 7.82. The Morgan fingerprint density at radius 1 is 0.933 bits per heavy atom. The van der Waals surface area contributed by atoms with Crippen LogP contribution in [0.1, 0.15) is 0 Å². The average molecular weight is 209 g/mol. The van der Waals surface area contributed by atoms with Crippen molar-refractivity contribution in [2.24, 2.45) is 0 Å². The number of hydrogen-bond donors (Lipinski definition) is 2. The molecule has 2 aromatic rings. The number of benzene rings is 2. The van der Waals surface area contributed by atoms with Crippen LogP contribution in [-0.2, 0) is 0 Å². The molecule has 0 amide bonds. The van der Waals surface area contributed by atoms with Gasteiger partial charge in [-0.05, 0) is 12.1 Å². The van der Waals surface area contributed by atoms with Crippen LogP contribution in [0.15, 0.2) is 54.6 Å². The van der Waals surface area contributed by atoms with Gasteiger partial charge in [-0.3, -0.25) is 0 Å². The first kappa shape index (κ1) is 14.0. The molecule has 0 bridgehead atoms. The fraction of sp³-hybridized carbons (Fsp3) is 0. The molecule has 2 rings (SSSR count). The molecule has 0 fully saturated rings. The van der Waals surface area contributed by atoms with E-state index in [0.29, 0.717) is 5.75 Å². The van der Waals surface area contributed by atoms with E-state index in [4.69, 9.17) is 10.8 Å². The molecule has 0 unspecified atom stereocenters. The van der Waals surface area contributed by atoms with Crippen molar-refractivity contribution in [3.8, 4) is 5.75 Å². The van der Waals surface area contributed by atoms with Gasteiger partial charge in [0.05, 0.1) is 0 Å². The number of para-hydroxylation sites is 1. The van der Waals surface area contributed by atoms with Crippen molar-refractivity contribution in [2.75, 3.05) is 5.73 Å². The molecule has 0 aliphatic carbocycles. The maximum absolute atomic E-state index is 8.63. The van der Waals surface area contributed by atoms with E-state index < -0.39 is 0 Å². The minimum Gasteiger partial charge on any atom is -0.508 e. The van der Waals surface area contributed by atoms with Crippen LogP contribution in [0.25, 0.3) is 0 Å². The summed E-state index contributed by atoms with van der Waals surface area (Å²) in [6.45, 7) is 0. The summed E-state index contributed by atoms with van der Waals surface area (Å²) in [5.41, 5.74) is 6.13. The summed E-state index contributed by atoms with van der Waals surface area (Å²) in [5.74, 6) is 0.322. The van der Waals surface area contributed by atoms with Gasteiger partial charge in [-0.2, -0.15) is 18.2 Å². The van der Waals surface area contributed by atoms with E-state index in [1.54, 1.807) is 48.5 Å². The van der Waals surface area contributed by atoms with Crippen molar-refractivity contribution in [3.63, 3.8) is 0 Å². The minimum atomic E-state index is 0. The van der Waals surface area contributed by atoms with Crippen LogP contribution in [0.5, 0.6) is 5.75 Å². The van der Waals surface area contributed by atoms with Crippen LogP contribution in [0.4, 0.5) is 5.69 Å². The zero-order valence-corrected chi connectivity index (χ0v) is 10.7. The average Bonchev–Trinajstić information content (AvgIpc) is 2.21. The summed E-state index contributed by atoms with van der Waals surface area (Å²) in [6.07, 6.45) is 0. The van der Waals surface area contributed by atoms with Crippen molar-refractivity contribution in [1.82, 2.24) is 0 Å². The van der Waals surface area contributed by atoms with Gasteiger partial charge in [0.1, 0.15) is 5.75 Å². The van der Waals surface area contributed by atoms with E-state index >= 15 is 0 Å². The molecule has 2 aromatic carbocycles. The molecule has 0 aromatic heterocycles. The third kappa shape index (κ3) is 7.03. The molecule has 72 valence electrons. The molecule has 0 saturated heterocycles. The Hall–Kier alpha value is -0.960. The van der Waals surface area contributed by atoms with Gasteiger partial charge in [-0.1, -0.05) is 23.9 Å². The Morgan fingerprint density at radius 2 is 1.47 bits per heavy atom. The van der Waals surface area contributed by atoms with Gasteiger partial charge >= 0.3 is 29.6 Å². The summed E-state index contributed by atoms with van der Waals surface area (Å²) in [4.78, 5) is 0. The first-order valence-corrected chi connectivity index (χ1v) is 4.24. The van der Waals surface area contributed by atoms with Crippen LogP contribution in [0, 0.1) is 6.07 Å². The second-order valence-corrected chi connectivity index (χ2v) is 2.67. The number of phenols is 1. The molecule has 2 nitrogen and oxygen atoms in total. The van der Waals surface area contributed by atoms with Gasteiger partial charge < -0.3 is 10.8 Å². The van der Waals surface area contributed by atoms with Gasteiger partial charge in [0, 0.05) is 0 Å². The van der Waals surface area contributed by atoms with Crippen LogP contribution in [0.2, 0.25) is 0 Å². The fourth-order valence-electron chi connectivity index (χ4n) is 0.828. The molecule has 3 N–H and O–H groups in total. The Morgan fingerprint density at radius 3 is 1.73 bits per heavy atom. The van der Waals surface area contributed by atoms with Crippen molar-refractivity contribution >= 4 is 5.69 Å². The number of anilines is 1. The number of nitrogen functional groups attached to an aromatic ring is 1. The predicted molar refractivity (Wildman–Crippen MR) is 57.8 cm³/mol. The first-order chi connectivity index (χ1) is 6.79. The van der Waals surface area contributed by atoms with Gasteiger partial charge in [-0.25, -0.2) is 0 Å². The predicted octanol–water partition coefficient (Wildman–Crippen LogP) is -0.535. The number of phenolic OH excluding ortho intramolecular Hbond substituents is 1. The van der Waals surface area contributed by atoms with Crippen molar-refractivity contribution in [2.45, 2.75) is 0 Å². The summed E-state index contributed by atoms with van der Waals surface area (Å²) < 4.78 is 0.